The largest absolute Gasteiger partial charge is 0.362 e. The monoisotopic (exact) mass is 333 g/mol. The molecule has 1 spiro atoms. The summed E-state index contributed by atoms with van der Waals surface area (Å²) in [6, 6.07) is 5.76. The maximum absolute atomic E-state index is 13.1. The summed E-state index contributed by atoms with van der Waals surface area (Å²) in [7, 11) is 0. The van der Waals surface area contributed by atoms with Crippen LogP contribution in [0.15, 0.2) is 18.2 Å². The number of carbonyl (C=O) groups is 2. The average molecular weight is 334 g/mol. The predicted molar refractivity (Wildman–Crippen MR) is 88.5 cm³/mol. The molecular formula is C17H20ClN3O2. The summed E-state index contributed by atoms with van der Waals surface area (Å²) in [5.41, 5.74) is 1.14. The molecule has 23 heavy (non-hydrogen) atoms. The van der Waals surface area contributed by atoms with E-state index < -0.39 is 0 Å². The number of carbonyl (C=O) groups excluding carboxylic acids is 2. The summed E-state index contributed by atoms with van der Waals surface area (Å²) in [6.07, 6.45) is 3.64. The third kappa shape index (κ3) is 2.38. The molecular weight excluding hydrogens is 314 g/mol. The number of benzene rings is 1. The SMILES string of the molecule is CC(=O)N1CCC2(CC1)Nc1ccc(Cl)cc1C(=O)N2C1CC1. The van der Waals surface area contributed by atoms with E-state index in [4.69, 9.17) is 11.6 Å². The molecule has 2 amide bonds. The van der Waals surface area contributed by atoms with E-state index in [2.05, 4.69) is 5.32 Å². The van der Waals surface area contributed by atoms with Crippen molar-refractivity contribution in [2.75, 3.05) is 18.4 Å². The second kappa shape index (κ2) is 5.13. The van der Waals surface area contributed by atoms with Gasteiger partial charge in [-0.05, 0) is 31.0 Å². The number of nitrogens with zero attached hydrogens (tertiary/aromatic N) is 2. The van der Waals surface area contributed by atoms with E-state index in [1.807, 2.05) is 21.9 Å². The first kappa shape index (κ1) is 14.8. The van der Waals surface area contributed by atoms with Gasteiger partial charge >= 0.3 is 0 Å². The smallest absolute Gasteiger partial charge is 0.258 e. The van der Waals surface area contributed by atoms with Crippen LogP contribution in [0.4, 0.5) is 5.69 Å². The van der Waals surface area contributed by atoms with Crippen LogP contribution in [0.3, 0.4) is 0 Å². The van der Waals surface area contributed by atoms with E-state index in [1.165, 1.54) is 0 Å². The van der Waals surface area contributed by atoms with Gasteiger partial charge in [0.25, 0.3) is 5.91 Å². The lowest BCUT2D eigenvalue weighted by Gasteiger charge is -2.52. The molecule has 1 aromatic rings. The van der Waals surface area contributed by atoms with Crippen LogP contribution >= 0.6 is 11.6 Å². The van der Waals surface area contributed by atoms with Crippen LogP contribution in [0.1, 0.15) is 43.0 Å². The first-order valence-electron chi connectivity index (χ1n) is 8.17. The first-order chi connectivity index (χ1) is 11.0. The summed E-state index contributed by atoms with van der Waals surface area (Å²) in [5, 5.41) is 4.19. The Kier molecular flexibility index (Phi) is 3.30. The highest BCUT2D eigenvalue weighted by molar-refractivity contribution is 6.31. The molecule has 0 aromatic heterocycles. The topological polar surface area (TPSA) is 52.7 Å². The van der Waals surface area contributed by atoms with Gasteiger partial charge in [0.05, 0.1) is 5.56 Å². The highest BCUT2D eigenvalue weighted by atomic mass is 35.5. The van der Waals surface area contributed by atoms with E-state index in [9.17, 15) is 9.59 Å². The molecule has 4 rings (SSSR count). The predicted octanol–water partition coefficient (Wildman–Crippen LogP) is 2.71. The number of nitrogens with one attached hydrogen (secondary N) is 1. The van der Waals surface area contributed by atoms with E-state index in [-0.39, 0.29) is 17.5 Å². The van der Waals surface area contributed by atoms with Crippen LogP contribution in [0.2, 0.25) is 5.02 Å². The molecule has 2 aliphatic heterocycles. The summed E-state index contributed by atoms with van der Waals surface area (Å²) >= 11 is 6.07. The molecule has 0 radical (unpaired) electrons. The van der Waals surface area contributed by atoms with E-state index >= 15 is 0 Å². The Labute approximate surface area is 140 Å². The van der Waals surface area contributed by atoms with Gasteiger partial charge in [-0.25, -0.2) is 0 Å². The van der Waals surface area contributed by atoms with Crippen LogP contribution in [-0.2, 0) is 4.79 Å². The van der Waals surface area contributed by atoms with Crippen molar-refractivity contribution in [1.82, 2.24) is 9.80 Å². The van der Waals surface area contributed by atoms with Crippen molar-refractivity contribution in [2.45, 2.75) is 44.3 Å². The third-order valence-corrected chi connectivity index (χ3v) is 5.44. The zero-order valence-electron chi connectivity index (χ0n) is 13.1. The lowest BCUT2D eigenvalue weighted by Crippen LogP contribution is -2.65. The highest BCUT2D eigenvalue weighted by Gasteiger charge is 2.51. The number of rotatable bonds is 1. The number of anilines is 1. The van der Waals surface area contributed by atoms with E-state index in [1.54, 1.807) is 13.0 Å². The van der Waals surface area contributed by atoms with Crippen LogP contribution in [0.25, 0.3) is 0 Å². The second-order valence-electron chi connectivity index (χ2n) is 6.76. The average Bonchev–Trinajstić information content (AvgIpc) is 3.33. The van der Waals surface area contributed by atoms with Gasteiger partial charge in [0, 0.05) is 49.6 Å². The van der Waals surface area contributed by atoms with Crippen LogP contribution < -0.4 is 5.32 Å². The Bertz CT molecular complexity index is 678. The Hall–Kier alpha value is -1.75. The lowest BCUT2D eigenvalue weighted by molar-refractivity contribution is -0.131. The molecule has 6 heteroatoms. The fraction of sp³-hybridized carbons (Fsp3) is 0.529. The van der Waals surface area contributed by atoms with Crippen molar-refractivity contribution in [3.8, 4) is 0 Å². The highest BCUT2D eigenvalue weighted by Crippen LogP contribution is 2.44. The minimum absolute atomic E-state index is 0.0695. The molecule has 1 saturated carbocycles. The lowest BCUT2D eigenvalue weighted by atomic mass is 9.89. The van der Waals surface area contributed by atoms with Gasteiger partial charge in [-0.15, -0.1) is 0 Å². The minimum atomic E-state index is -0.370. The normalized spacial score (nSPS) is 22.8. The maximum Gasteiger partial charge on any atom is 0.258 e. The number of amides is 2. The number of halogens is 1. The van der Waals surface area contributed by atoms with Crippen molar-refractivity contribution < 1.29 is 9.59 Å². The molecule has 0 bridgehead atoms. The van der Waals surface area contributed by atoms with Crippen molar-refractivity contribution in [3.05, 3.63) is 28.8 Å². The summed E-state index contributed by atoms with van der Waals surface area (Å²) < 4.78 is 0. The second-order valence-corrected chi connectivity index (χ2v) is 7.20. The molecule has 1 aliphatic carbocycles. The molecule has 0 atom stereocenters. The number of piperidine rings is 1. The van der Waals surface area contributed by atoms with Gasteiger partial charge in [-0.3, -0.25) is 9.59 Å². The van der Waals surface area contributed by atoms with Gasteiger partial charge in [0.15, 0.2) is 0 Å². The minimum Gasteiger partial charge on any atom is -0.362 e. The number of hydrogen-bond donors (Lipinski definition) is 1. The molecule has 5 nitrogen and oxygen atoms in total. The molecule has 122 valence electrons. The number of hydrogen-bond acceptors (Lipinski definition) is 3. The molecule has 2 fully saturated rings. The Morgan fingerprint density at radius 1 is 1.30 bits per heavy atom. The molecule has 1 aromatic carbocycles. The van der Waals surface area contributed by atoms with E-state index in [0.717, 1.165) is 31.4 Å². The van der Waals surface area contributed by atoms with Gasteiger partial charge < -0.3 is 15.1 Å². The quantitative estimate of drug-likeness (QED) is 0.859. The number of fused-ring (bicyclic) bond motifs is 1. The Morgan fingerprint density at radius 2 is 2.00 bits per heavy atom. The summed E-state index contributed by atoms with van der Waals surface area (Å²) in [6.45, 7) is 2.97. The van der Waals surface area contributed by atoms with Crippen molar-refractivity contribution >= 4 is 29.1 Å². The molecule has 1 saturated heterocycles. The molecule has 0 unspecified atom stereocenters. The van der Waals surface area contributed by atoms with Gasteiger partial charge in [0.1, 0.15) is 5.66 Å². The fourth-order valence-corrected chi connectivity index (χ4v) is 4.02. The summed E-state index contributed by atoms with van der Waals surface area (Å²) in [4.78, 5) is 28.6. The zero-order valence-corrected chi connectivity index (χ0v) is 13.9. The first-order valence-corrected chi connectivity index (χ1v) is 8.55. The zero-order chi connectivity index (χ0) is 16.2. The molecule has 1 N–H and O–H groups in total. The van der Waals surface area contributed by atoms with Crippen molar-refractivity contribution in [1.29, 1.82) is 0 Å². The fourth-order valence-electron chi connectivity index (χ4n) is 3.84. The Morgan fingerprint density at radius 3 is 2.61 bits per heavy atom. The summed E-state index contributed by atoms with van der Waals surface area (Å²) in [5.74, 6) is 0.173. The van der Waals surface area contributed by atoms with Crippen molar-refractivity contribution in [2.24, 2.45) is 0 Å². The van der Waals surface area contributed by atoms with Gasteiger partial charge in [0.2, 0.25) is 5.91 Å². The maximum atomic E-state index is 13.1. The number of likely N-dealkylation sites (tertiary alicyclic amines) is 1. The molecule has 2 heterocycles. The van der Waals surface area contributed by atoms with Crippen LogP contribution in [-0.4, -0.2) is 46.4 Å². The van der Waals surface area contributed by atoms with Crippen LogP contribution in [0.5, 0.6) is 0 Å². The van der Waals surface area contributed by atoms with E-state index in [0.29, 0.717) is 29.7 Å². The molecule has 3 aliphatic rings. The standard InChI is InChI=1S/C17H20ClN3O2/c1-11(22)20-8-6-17(7-9-20)19-15-5-2-12(18)10-14(15)16(23)21(17)13-3-4-13/h2,5,10,13,19H,3-4,6-9H2,1H3. The van der Waals surface area contributed by atoms with Gasteiger partial charge in [-0.1, -0.05) is 11.6 Å². The van der Waals surface area contributed by atoms with Gasteiger partial charge in [-0.2, -0.15) is 0 Å². The third-order valence-electron chi connectivity index (χ3n) is 5.21. The Balaban J connectivity index is 1.70. The van der Waals surface area contributed by atoms with Crippen molar-refractivity contribution in [3.63, 3.8) is 0 Å². The van der Waals surface area contributed by atoms with Crippen LogP contribution in [0, 0.1) is 0 Å².